The summed E-state index contributed by atoms with van der Waals surface area (Å²) in [5, 5.41) is 6.37. The summed E-state index contributed by atoms with van der Waals surface area (Å²) >= 11 is 0. The average Bonchev–Trinajstić information content (AvgIpc) is 2.37. The molecular weight excluding hydrogens is 289 g/mol. The third kappa shape index (κ3) is 7.37. The molecule has 0 unspecified atom stereocenters. The van der Waals surface area contributed by atoms with Crippen molar-refractivity contribution in [2.24, 2.45) is 5.10 Å². The summed E-state index contributed by atoms with van der Waals surface area (Å²) in [6.07, 6.45) is -0.696. The number of carbonyl (C=O) groups is 2. The van der Waals surface area contributed by atoms with Crippen LogP contribution in [0.1, 0.15) is 34.1 Å². The average molecular weight is 309 g/mol. The zero-order valence-electron chi connectivity index (χ0n) is 13.1. The van der Waals surface area contributed by atoms with Crippen molar-refractivity contribution in [1.29, 1.82) is 0 Å². The van der Waals surface area contributed by atoms with Crippen molar-refractivity contribution in [3.63, 3.8) is 0 Å². The molecule has 0 saturated heterocycles. The zero-order valence-corrected chi connectivity index (χ0v) is 13.1. The normalized spacial score (nSPS) is 11.8. The van der Waals surface area contributed by atoms with Crippen molar-refractivity contribution in [3.8, 4) is 0 Å². The van der Waals surface area contributed by atoms with Gasteiger partial charge in [-0.05, 0) is 52.0 Å². The van der Waals surface area contributed by atoms with Crippen LogP contribution < -0.4 is 10.7 Å². The number of nitrogens with zero attached hydrogens (tertiary/aromatic N) is 1. The number of amides is 2. The topological polar surface area (TPSA) is 79.8 Å². The predicted octanol–water partition coefficient (Wildman–Crippen LogP) is 3.05. The summed E-state index contributed by atoms with van der Waals surface area (Å²) < 4.78 is 17.8. The van der Waals surface area contributed by atoms with Crippen molar-refractivity contribution in [1.82, 2.24) is 5.43 Å². The Kier molecular flexibility index (Phi) is 6.03. The first-order valence-corrected chi connectivity index (χ1v) is 6.73. The third-order valence-corrected chi connectivity index (χ3v) is 2.28. The Morgan fingerprint density at radius 3 is 2.36 bits per heavy atom. The van der Waals surface area contributed by atoms with E-state index in [1.807, 2.05) is 0 Å². The lowest BCUT2D eigenvalue weighted by molar-refractivity contribution is -0.115. The summed E-state index contributed by atoms with van der Waals surface area (Å²) in [5.41, 5.74) is 2.49. The number of carbonyl (C=O) groups excluding carboxylic acids is 2. The Morgan fingerprint density at radius 2 is 1.82 bits per heavy atom. The van der Waals surface area contributed by atoms with Gasteiger partial charge in [-0.25, -0.2) is 14.6 Å². The van der Waals surface area contributed by atoms with Gasteiger partial charge in [0.15, 0.2) is 0 Å². The lowest BCUT2D eigenvalue weighted by Gasteiger charge is -2.18. The number of nitrogens with one attached hydrogen (secondary N) is 2. The van der Waals surface area contributed by atoms with Crippen molar-refractivity contribution >= 4 is 23.4 Å². The molecule has 0 aliphatic heterocycles. The maximum Gasteiger partial charge on any atom is 0.428 e. The van der Waals surface area contributed by atoms with Crippen LogP contribution in [0.2, 0.25) is 0 Å². The summed E-state index contributed by atoms with van der Waals surface area (Å²) in [7, 11) is 0. The maximum absolute atomic E-state index is 12.7. The highest BCUT2D eigenvalue weighted by Crippen LogP contribution is 2.09. The van der Waals surface area contributed by atoms with Crippen LogP contribution in [0.25, 0.3) is 0 Å². The van der Waals surface area contributed by atoms with Gasteiger partial charge in [-0.1, -0.05) is 0 Å². The van der Waals surface area contributed by atoms with Crippen molar-refractivity contribution in [2.75, 3.05) is 5.32 Å². The summed E-state index contributed by atoms with van der Waals surface area (Å²) in [6, 6.07) is 5.42. The zero-order chi connectivity index (χ0) is 16.8. The Morgan fingerprint density at radius 1 is 1.23 bits per heavy atom. The molecule has 0 spiro atoms. The van der Waals surface area contributed by atoms with Crippen LogP contribution in [-0.4, -0.2) is 23.3 Å². The Labute approximate surface area is 128 Å². The molecule has 1 aromatic rings. The number of anilines is 1. The molecule has 1 rings (SSSR count). The van der Waals surface area contributed by atoms with E-state index < -0.39 is 11.7 Å². The molecule has 0 aliphatic carbocycles. The standard InChI is InChI=1S/C15H20FN3O3/c1-10(18-19-14(21)22-15(2,3)4)9-13(20)17-12-7-5-11(16)6-8-12/h5-8H,9H2,1-4H3,(H,17,20)(H,19,21)/b18-10+. The molecule has 0 radical (unpaired) electrons. The van der Waals surface area contributed by atoms with Crippen LogP contribution in [0.4, 0.5) is 14.9 Å². The predicted molar refractivity (Wildman–Crippen MR) is 82.1 cm³/mol. The number of hydrazone groups is 1. The molecule has 6 nitrogen and oxygen atoms in total. The van der Waals surface area contributed by atoms with Gasteiger partial charge in [-0.2, -0.15) is 5.10 Å². The van der Waals surface area contributed by atoms with Crippen LogP contribution >= 0.6 is 0 Å². The highest BCUT2D eigenvalue weighted by atomic mass is 19.1. The second kappa shape index (κ2) is 7.53. The number of ether oxygens (including phenoxy) is 1. The molecule has 120 valence electrons. The van der Waals surface area contributed by atoms with E-state index >= 15 is 0 Å². The molecular formula is C15H20FN3O3. The first-order valence-electron chi connectivity index (χ1n) is 6.73. The Hall–Kier alpha value is -2.44. The molecule has 2 N–H and O–H groups in total. The molecule has 0 aromatic heterocycles. The van der Waals surface area contributed by atoms with E-state index in [0.29, 0.717) is 11.4 Å². The van der Waals surface area contributed by atoms with Gasteiger partial charge in [-0.15, -0.1) is 0 Å². The minimum atomic E-state index is -0.689. The minimum Gasteiger partial charge on any atom is -0.443 e. The SMILES string of the molecule is C/C(CC(=O)Nc1ccc(F)cc1)=N\NC(=O)OC(C)(C)C. The molecule has 1 aromatic carbocycles. The monoisotopic (exact) mass is 309 g/mol. The fourth-order valence-corrected chi connectivity index (χ4v) is 1.45. The van der Waals surface area contributed by atoms with E-state index in [1.54, 1.807) is 27.7 Å². The fourth-order valence-electron chi connectivity index (χ4n) is 1.45. The quantitative estimate of drug-likeness (QED) is 0.662. The van der Waals surface area contributed by atoms with Gasteiger partial charge in [0, 0.05) is 11.4 Å². The van der Waals surface area contributed by atoms with E-state index in [9.17, 15) is 14.0 Å². The fraction of sp³-hybridized carbons (Fsp3) is 0.400. The van der Waals surface area contributed by atoms with E-state index in [4.69, 9.17) is 4.74 Å². The van der Waals surface area contributed by atoms with E-state index in [-0.39, 0.29) is 18.1 Å². The largest absolute Gasteiger partial charge is 0.443 e. The first kappa shape index (κ1) is 17.6. The van der Waals surface area contributed by atoms with Crippen LogP contribution in [0.3, 0.4) is 0 Å². The van der Waals surface area contributed by atoms with E-state index in [1.165, 1.54) is 24.3 Å². The maximum atomic E-state index is 12.7. The van der Waals surface area contributed by atoms with Crippen molar-refractivity contribution in [2.45, 2.75) is 39.7 Å². The second-order valence-electron chi connectivity index (χ2n) is 5.69. The molecule has 7 heteroatoms. The number of rotatable bonds is 4. The van der Waals surface area contributed by atoms with Gasteiger partial charge in [0.05, 0.1) is 6.42 Å². The van der Waals surface area contributed by atoms with Gasteiger partial charge < -0.3 is 10.1 Å². The number of hydrogen-bond acceptors (Lipinski definition) is 4. The lowest BCUT2D eigenvalue weighted by atomic mass is 10.2. The lowest BCUT2D eigenvalue weighted by Crippen LogP contribution is -2.30. The highest BCUT2D eigenvalue weighted by Gasteiger charge is 2.15. The number of hydrogen-bond donors (Lipinski definition) is 2. The molecule has 22 heavy (non-hydrogen) atoms. The van der Waals surface area contributed by atoms with Gasteiger partial charge in [0.25, 0.3) is 0 Å². The van der Waals surface area contributed by atoms with Crippen LogP contribution in [0, 0.1) is 5.82 Å². The molecule has 0 heterocycles. The molecule has 2 amide bonds. The minimum absolute atomic E-state index is 0.00677. The second-order valence-corrected chi connectivity index (χ2v) is 5.69. The Balaban J connectivity index is 2.44. The van der Waals surface area contributed by atoms with Gasteiger partial charge in [-0.3, -0.25) is 4.79 Å². The van der Waals surface area contributed by atoms with Crippen LogP contribution in [0.5, 0.6) is 0 Å². The molecule has 0 aliphatic rings. The van der Waals surface area contributed by atoms with E-state index in [2.05, 4.69) is 15.8 Å². The molecule has 0 bridgehead atoms. The molecule has 0 saturated carbocycles. The number of benzene rings is 1. The summed E-state index contributed by atoms with van der Waals surface area (Å²) in [4.78, 5) is 23.1. The van der Waals surface area contributed by atoms with Crippen molar-refractivity contribution in [3.05, 3.63) is 30.1 Å². The van der Waals surface area contributed by atoms with Crippen molar-refractivity contribution < 1.29 is 18.7 Å². The van der Waals surface area contributed by atoms with Gasteiger partial charge in [0.2, 0.25) is 5.91 Å². The van der Waals surface area contributed by atoms with Crippen LogP contribution in [-0.2, 0) is 9.53 Å². The summed E-state index contributed by atoms with van der Waals surface area (Å²) in [5.74, 6) is -0.698. The van der Waals surface area contributed by atoms with Gasteiger partial charge in [0.1, 0.15) is 11.4 Å². The number of halogens is 1. The molecule has 0 atom stereocenters. The summed E-state index contributed by atoms with van der Waals surface area (Å²) in [6.45, 7) is 6.81. The van der Waals surface area contributed by atoms with Crippen LogP contribution in [0.15, 0.2) is 29.4 Å². The third-order valence-electron chi connectivity index (χ3n) is 2.28. The van der Waals surface area contributed by atoms with Gasteiger partial charge >= 0.3 is 6.09 Å². The van der Waals surface area contributed by atoms with E-state index in [0.717, 1.165) is 0 Å². The highest BCUT2D eigenvalue weighted by molar-refractivity contribution is 6.05. The molecule has 0 fully saturated rings. The first-order chi connectivity index (χ1) is 10.2. The smallest absolute Gasteiger partial charge is 0.428 e. The Bertz CT molecular complexity index is 562.